The van der Waals surface area contributed by atoms with Gasteiger partial charge in [-0.2, -0.15) is 4.31 Å². The fourth-order valence-electron chi connectivity index (χ4n) is 3.27. The van der Waals surface area contributed by atoms with Crippen molar-refractivity contribution in [2.45, 2.75) is 11.4 Å². The van der Waals surface area contributed by atoms with Crippen LogP contribution in [-0.4, -0.2) is 73.1 Å². The summed E-state index contributed by atoms with van der Waals surface area (Å²) >= 11 is 0. The summed E-state index contributed by atoms with van der Waals surface area (Å²) < 4.78 is 26.9. The molecule has 0 N–H and O–H groups in total. The zero-order valence-corrected chi connectivity index (χ0v) is 17.5. The second-order valence-corrected chi connectivity index (χ2v) is 9.10. The number of nitrogens with zero attached hydrogens (tertiary/aromatic N) is 4. The second kappa shape index (κ2) is 9.33. The maximum absolute atomic E-state index is 12.8. The highest BCUT2D eigenvalue weighted by Gasteiger charge is 2.29. The fourth-order valence-corrected chi connectivity index (χ4v) is 4.70. The predicted octanol–water partition coefficient (Wildman–Crippen LogP) is 1.56. The van der Waals surface area contributed by atoms with E-state index in [2.05, 4.69) is 0 Å². The van der Waals surface area contributed by atoms with Crippen molar-refractivity contribution in [3.8, 4) is 0 Å². The topological polar surface area (TPSA) is 104 Å². The Morgan fingerprint density at radius 2 is 1.63 bits per heavy atom. The van der Waals surface area contributed by atoms with Crippen molar-refractivity contribution in [3.63, 3.8) is 0 Å². The summed E-state index contributed by atoms with van der Waals surface area (Å²) in [7, 11) is -1.97. The minimum atomic E-state index is -3.72. The molecule has 1 saturated heterocycles. The first-order chi connectivity index (χ1) is 14.3. The zero-order valence-electron chi connectivity index (χ0n) is 16.7. The van der Waals surface area contributed by atoms with Gasteiger partial charge >= 0.3 is 0 Å². The number of benzene rings is 2. The maximum Gasteiger partial charge on any atom is 0.269 e. The molecule has 30 heavy (non-hydrogen) atoms. The molecule has 0 unspecified atom stereocenters. The van der Waals surface area contributed by atoms with Crippen LogP contribution in [0.5, 0.6) is 0 Å². The van der Waals surface area contributed by atoms with Gasteiger partial charge in [-0.15, -0.1) is 0 Å². The molecule has 0 atom stereocenters. The number of carbonyl (C=O) groups is 1. The van der Waals surface area contributed by atoms with Crippen molar-refractivity contribution in [2.24, 2.45) is 0 Å². The molecule has 0 saturated carbocycles. The Labute approximate surface area is 175 Å². The molecule has 0 aliphatic carbocycles. The van der Waals surface area contributed by atoms with Gasteiger partial charge in [0.2, 0.25) is 15.9 Å². The highest BCUT2D eigenvalue weighted by molar-refractivity contribution is 7.89. The van der Waals surface area contributed by atoms with Gasteiger partial charge in [-0.05, 0) is 17.7 Å². The average Bonchev–Trinajstić information content (AvgIpc) is 2.75. The Kier molecular flexibility index (Phi) is 6.80. The number of nitro groups is 1. The summed E-state index contributed by atoms with van der Waals surface area (Å²) in [5.74, 6) is -0.0227. The van der Waals surface area contributed by atoms with Crippen LogP contribution < -0.4 is 0 Å². The molecule has 2 aromatic rings. The van der Waals surface area contributed by atoms with Crippen LogP contribution in [0.25, 0.3) is 0 Å². The molecule has 1 amide bonds. The molecule has 0 aromatic heterocycles. The lowest BCUT2D eigenvalue weighted by Crippen LogP contribution is -2.51. The third-order valence-electron chi connectivity index (χ3n) is 5.06. The standard InChI is InChI=1S/C20H24N4O5S/c1-21(15-17-5-3-2-4-6-17)20(25)16-22-11-13-23(14-12-22)30(28,29)19-9-7-18(8-10-19)24(26)27/h2-10H,11-16H2,1H3. The molecule has 10 heteroatoms. The van der Waals surface area contributed by atoms with E-state index in [-0.39, 0.29) is 36.1 Å². The van der Waals surface area contributed by atoms with Crippen molar-refractivity contribution in [3.05, 3.63) is 70.3 Å². The molecule has 0 bridgehead atoms. The van der Waals surface area contributed by atoms with E-state index < -0.39 is 14.9 Å². The van der Waals surface area contributed by atoms with E-state index in [1.807, 2.05) is 35.2 Å². The number of piperazine rings is 1. The average molecular weight is 433 g/mol. The molecule has 0 spiro atoms. The highest BCUT2D eigenvalue weighted by Crippen LogP contribution is 2.20. The van der Waals surface area contributed by atoms with Crippen LogP contribution in [0.15, 0.2) is 59.5 Å². The van der Waals surface area contributed by atoms with Gasteiger partial charge in [0.25, 0.3) is 5.69 Å². The van der Waals surface area contributed by atoms with Crippen LogP contribution in [0.1, 0.15) is 5.56 Å². The van der Waals surface area contributed by atoms with Crippen molar-refractivity contribution in [2.75, 3.05) is 39.8 Å². The molecule has 1 aliphatic rings. The summed E-state index contributed by atoms with van der Waals surface area (Å²) in [6.07, 6.45) is 0. The van der Waals surface area contributed by atoms with Crippen molar-refractivity contribution in [1.29, 1.82) is 0 Å². The second-order valence-electron chi connectivity index (χ2n) is 7.17. The molecule has 9 nitrogen and oxygen atoms in total. The van der Waals surface area contributed by atoms with Crippen LogP contribution in [0, 0.1) is 10.1 Å². The number of rotatable bonds is 7. The molecule has 1 heterocycles. The van der Waals surface area contributed by atoms with Gasteiger partial charge in [-0.1, -0.05) is 30.3 Å². The van der Waals surface area contributed by atoms with Gasteiger partial charge < -0.3 is 4.90 Å². The molecule has 160 valence electrons. The molecule has 1 aliphatic heterocycles. The maximum atomic E-state index is 12.8. The lowest BCUT2D eigenvalue weighted by Gasteiger charge is -2.34. The Balaban J connectivity index is 1.53. The van der Waals surface area contributed by atoms with Crippen molar-refractivity contribution >= 4 is 21.6 Å². The minimum Gasteiger partial charge on any atom is -0.340 e. The third-order valence-corrected chi connectivity index (χ3v) is 6.98. The van der Waals surface area contributed by atoms with Gasteiger partial charge in [0.15, 0.2) is 0 Å². The van der Waals surface area contributed by atoms with Crippen LogP contribution in [-0.2, 0) is 21.4 Å². The van der Waals surface area contributed by atoms with Crippen LogP contribution >= 0.6 is 0 Å². The first-order valence-corrected chi connectivity index (χ1v) is 11.0. The number of nitro benzene ring substituents is 1. The number of hydrogen-bond donors (Lipinski definition) is 0. The van der Waals surface area contributed by atoms with Crippen molar-refractivity contribution < 1.29 is 18.1 Å². The monoisotopic (exact) mass is 432 g/mol. The summed E-state index contributed by atoms with van der Waals surface area (Å²) in [4.78, 5) is 26.3. The van der Waals surface area contributed by atoms with Gasteiger partial charge in [-0.25, -0.2) is 8.42 Å². The molecule has 0 radical (unpaired) electrons. The zero-order chi connectivity index (χ0) is 21.7. The number of hydrogen-bond acceptors (Lipinski definition) is 6. The quantitative estimate of drug-likeness (QED) is 0.486. The van der Waals surface area contributed by atoms with Crippen LogP contribution in [0.2, 0.25) is 0 Å². The molecular weight excluding hydrogens is 408 g/mol. The van der Waals surface area contributed by atoms with E-state index in [1.165, 1.54) is 28.6 Å². The number of likely N-dealkylation sites (N-methyl/N-ethyl adjacent to an activating group) is 1. The highest BCUT2D eigenvalue weighted by atomic mass is 32.2. The Morgan fingerprint density at radius 3 is 2.20 bits per heavy atom. The number of non-ortho nitro benzene ring substituents is 1. The summed E-state index contributed by atoms with van der Waals surface area (Å²) in [5.41, 5.74) is 0.893. The van der Waals surface area contributed by atoms with Crippen molar-refractivity contribution in [1.82, 2.24) is 14.1 Å². The van der Waals surface area contributed by atoms with E-state index >= 15 is 0 Å². The summed E-state index contributed by atoms with van der Waals surface area (Å²) in [5, 5.41) is 10.7. The van der Waals surface area contributed by atoms with E-state index in [4.69, 9.17) is 0 Å². The first kappa shape index (κ1) is 21.9. The Hall–Kier alpha value is -2.82. The van der Waals surface area contributed by atoms with Gasteiger partial charge in [-0.3, -0.25) is 19.8 Å². The first-order valence-electron chi connectivity index (χ1n) is 9.52. The van der Waals surface area contributed by atoms with E-state index in [0.717, 1.165) is 5.56 Å². The number of sulfonamides is 1. The smallest absolute Gasteiger partial charge is 0.269 e. The number of amides is 1. The molecule has 3 rings (SSSR count). The lowest BCUT2D eigenvalue weighted by molar-refractivity contribution is -0.384. The molecular formula is C20H24N4O5S. The SMILES string of the molecule is CN(Cc1ccccc1)C(=O)CN1CCN(S(=O)(=O)c2ccc([N+](=O)[O-])cc2)CC1. The summed E-state index contributed by atoms with van der Waals surface area (Å²) in [6, 6.07) is 14.6. The Morgan fingerprint density at radius 1 is 1.03 bits per heavy atom. The van der Waals surface area contributed by atoms with Gasteiger partial charge in [0.05, 0.1) is 16.4 Å². The van der Waals surface area contributed by atoms with E-state index in [1.54, 1.807) is 11.9 Å². The van der Waals surface area contributed by atoms with E-state index in [9.17, 15) is 23.3 Å². The van der Waals surface area contributed by atoms with Crippen LogP contribution in [0.4, 0.5) is 5.69 Å². The normalized spacial score (nSPS) is 15.6. The lowest BCUT2D eigenvalue weighted by atomic mass is 10.2. The molecule has 2 aromatic carbocycles. The summed E-state index contributed by atoms with van der Waals surface area (Å²) in [6.45, 7) is 2.15. The van der Waals surface area contributed by atoms with Gasteiger partial charge in [0, 0.05) is 51.9 Å². The number of carbonyl (C=O) groups excluding carboxylic acids is 1. The van der Waals surface area contributed by atoms with Crippen LogP contribution in [0.3, 0.4) is 0 Å². The molecule has 1 fully saturated rings. The predicted molar refractivity (Wildman–Crippen MR) is 111 cm³/mol. The largest absolute Gasteiger partial charge is 0.340 e. The third kappa shape index (κ3) is 5.21. The minimum absolute atomic E-state index is 0.0227. The Bertz CT molecular complexity index is 988. The fraction of sp³-hybridized carbons (Fsp3) is 0.350. The van der Waals surface area contributed by atoms with Gasteiger partial charge in [0.1, 0.15) is 0 Å². The van der Waals surface area contributed by atoms with E-state index in [0.29, 0.717) is 19.6 Å².